The van der Waals surface area contributed by atoms with Crippen molar-refractivity contribution in [2.45, 2.75) is 19.4 Å². The van der Waals surface area contributed by atoms with Crippen LogP contribution in [0.4, 0.5) is 10.1 Å². The van der Waals surface area contributed by atoms with E-state index in [2.05, 4.69) is 13.2 Å². The van der Waals surface area contributed by atoms with Gasteiger partial charge in [-0.05, 0) is 43.6 Å². The Morgan fingerprint density at radius 3 is 2.76 bits per heavy atom. The Morgan fingerprint density at radius 1 is 1.53 bits per heavy atom. The van der Waals surface area contributed by atoms with Crippen LogP contribution in [0.3, 0.4) is 0 Å². The topological polar surface area (TPSA) is 27.0 Å². The van der Waals surface area contributed by atoms with E-state index in [1.165, 1.54) is 6.07 Å². The van der Waals surface area contributed by atoms with Crippen LogP contribution in [-0.4, -0.2) is 25.1 Å². The number of hydrogen-bond donors (Lipinski definition) is 0. The fraction of sp³-hybridized carbons (Fsp3) is 0.462. The maximum absolute atomic E-state index is 13.8. The van der Waals surface area contributed by atoms with E-state index < -0.39 is 0 Å². The lowest BCUT2D eigenvalue weighted by molar-refractivity contribution is 0.600. The SMILES string of the molecule is CSCCC(C)N(C)c1ccc(C#N)cc1F. The Kier molecular flexibility index (Phi) is 5.30. The maximum Gasteiger partial charge on any atom is 0.147 e. The molecule has 0 fully saturated rings. The molecule has 0 bridgehead atoms. The van der Waals surface area contributed by atoms with Crippen LogP contribution in [0.1, 0.15) is 18.9 Å². The molecule has 0 saturated heterocycles. The van der Waals surface area contributed by atoms with Gasteiger partial charge in [-0.3, -0.25) is 0 Å². The number of thioether (sulfide) groups is 1. The lowest BCUT2D eigenvalue weighted by Crippen LogP contribution is -2.30. The van der Waals surface area contributed by atoms with Gasteiger partial charge in [-0.25, -0.2) is 4.39 Å². The van der Waals surface area contributed by atoms with Gasteiger partial charge in [-0.2, -0.15) is 17.0 Å². The van der Waals surface area contributed by atoms with Crippen LogP contribution in [0.25, 0.3) is 0 Å². The lowest BCUT2D eigenvalue weighted by atomic mass is 10.1. The summed E-state index contributed by atoms with van der Waals surface area (Å²) in [5.74, 6) is 0.728. The second-order valence-corrected chi connectivity index (χ2v) is 5.00. The zero-order chi connectivity index (χ0) is 12.8. The van der Waals surface area contributed by atoms with Crippen LogP contribution in [0, 0.1) is 17.1 Å². The van der Waals surface area contributed by atoms with Crippen molar-refractivity contribution >= 4 is 17.4 Å². The molecular weight excluding hydrogens is 235 g/mol. The molecule has 0 aliphatic heterocycles. The molecule has 17 heavy (non-hydrogen) atoms. The highest BCUT2D eigenvalue weighted by atomic mass is 32.2. The van der Waals surface area contributed by atoms with E-state index in [1.54, 1.807) is 23.9 Å². The van der Waals surface area contributed by atoms with Gasteiger partial charge in [0.15, 0.2) is 0 Å². The summed E-state index contributed by atoms with van der Waals surface area (Å²) in [6, 6.07) is 6.82. The molecule has 0 saturated carbocycles. The van der Waals surface area contributed by atoms with Gasteiger partial charge in [0.2, 0.25) is 0 Å². The molecule has 92 valence electrons. The van der Waals surface area contributed by atoms with Gasteiger partial charge in [0, 0.05) is 13.1 Å². The van der Waals surface area contributed by atoms with Crippen molar-refractivity contribution in [1.82, 2.24) is 0 Å². The highest BCUT2D eigenvalue weighted by Gasteiger charge is 2.13. The Balaban J connectivity index is 2.82. The van der Waals surface area contributed by atoms with Crippen molar-refractivity contribution < 1.29 is 4.39 Å². The number of nitrogens with zero attached hydrogens (tertiary/aromatic N) is 2. The molecule has 1 aromatic carbocycles. The molecule has 0 spiro atoms. The average Bonchev–Trinajstić information content (AvgIpc) is 2.34. The molecule has 2 nitrogen and oxygen atoms in total. The third-order valence-corrected chi connectivity index (χ3v) is 3.50. The zero-order valence-electron chi connectivity index (χ0n) is 10.4. The Labute approximate surface area is 106 Å². The summed E-state index contributed by atoms with van der Waals surface area (Å²) in [4.78, 5) is 1.92. The molecule has 4 heteroatoms. The third kappa shape index (κ3) is 3.64. The number of halogens is 1. The number of hydrogen-bond acceptors (Lipinski definition) is 3. The largest absolute Gasteiger partial charge is 0.369 e. The van der Waals surface area contributed by atoms with Crippen LogP contribution >= 0.6 is 11.8 Å². The normalized spacial score (nSPS) is 11.9. The quantitative estimate of drug-likeness (QED) is 0.804. The van der Waals surface area contributed by atoms with Gasteiger partial charge >= 0.3 is 0 Å². The monoisotopic (exact) mass is 252 g/mol. The maximum atomic E-state index is 13.8. The van der Waals surface area contributed by atoms with Crippen LogP contribution in [0.5, 0.6) is 0 Å². The van der Waals surface area contributed by atoms with Gasteiger partial charge in [-0.15, -0.1) is 0 Å². The molecule has 1 atom stereocenters. The van der Waals surface area contributed by atoms with Crippen LogP contribution in [0.15, 0.2) is 18.2 Å². The summed E-state index contributed by atoms with van der Waals surface area (Å²) in [6.45, 7) is 2.08. The van der Waals surface area contributed by atoms with Crippen molar-refractivity contribution in [2.75, 3.05) is 24.0 Å². The first kappa shape index (κ1) is 13.9. The van der Waals surface area contributed by atoms with Crippen molar-refractivity contribution in [1.29, 1.82) is 5.26 Å². The molecule has 0 heterocycles. The van der Waals surface area contributed by atoms with E-state index in [0.29, 0.717) is 11.3 Å². The molecule has 1 rings (SSSR count). The summed E-state index contributed by atoms with van der Waals surface area (Å²) in [5.41, 5.74) is 0.911. The van der Waals surface area contributed by atoms with Gasteiger partial charge < -0.3 is 4.90 Å². The van der Waals surface area contributed by atoms with Gasteiger partial charge in [0.05, 0.1) is 17.3 Å². The van der Waals surface area contributed by atoms with Crippen LogP contribution < -0.4 is 4.90 Å². The number of benzene rings is 1. The Bertz CT molecular complexity index is 414. The highest BCUT2D eigenvalue weighted by Crippen LogP contribution is 2.22. The minimum atomic E-state index is -0.331. The van der Waals surface area contributed by atoms with Crippen LogP contribution in [-0.2, 0) is 0 Å². The highest BCUT2D eigenvalue weighted by molar-refractivity contribution is 7.98. The van der Waals surface area contributed by atoms with E-state index in [9.17, 15) is 4.39 Å². The molecule has 0 aromatic heterocycles. The second-order valence-electron chi connectivity index (χ2n) is 4.02. The molecule has 0 aliphatic rings. The first-order valence-corrected chi connectivity index (χ1v) is 6.91. The fourth-order valence-corrected chi connectivity index (χ4v) is 2.16. The first-order valence-electron chi connectivity index (χ1n) is 5.51. The number of rotatable bonds is 5. The van der Waals surface area contributed by atoms with E-state index in [-0.39, 0.29) is 11.9 Å². The molecule has 0 radical (unpaired) electrons. The van der Waals surface area contributed by atoms with E-state index in [0.717, 1.165) is 12.2 Å². The predicted octanol–water partition coefficient (Wildman–Crippen LogP) is 3.28. The van der Waals surface area contributed by atoms with E-state index in [1.807, 2.05) is 18.0 Å². The average molecular weight is 252 g/mol. The van der Waals surface area contributed by atoms with Gasteiger partial charge in [0.1, 0.15) is 5.82 Å². The standard InChI is InChI=1S/C13H17FN2S/c1-10(6-7-17-3)16(2)13-5-4-11(9-15)8-12(13)14/h4-5,8,10H,6-7H2,1-3H3. The molecule has 1 aromatic rings. The molecule has 1 unspecified atom stereocenters. The second kappa shape index (κ2) is 6.51. The summed E-state index contributed by atoms with van der Waals surface area (Å²) < 4.78 is 13.8. The number of anilines is 1. The Morgan fingerprint density at radius 2 is 2.24 bits per heavy atom. The third-order valence-electron chi connectivity index (χ3n) is 2.86. The fourth-order valence-electron chi connectivity index (χ4n) is 1.58. The first-order chi connectivity index (χ1) is 8.10. The predicted molar refractivity (Wildman–Crippen MR) is 72.0 cm³/mol. The number of nitriles is 1. The smallest absolute Gasteiger partial charge is 0.147 e. The summed E-state index contributed by atoms with van der Waals surface area (Å²) >= 11 is 1.79. The molecule has 0 aliphatic carbocycles. The molecule has 0 amide bonds. The summed E-state index contributed by atoms with van der Waals surface area (Å²) in [6.07, 6.45) is 3.08. The van der Waals surface area contributed by atoms with E-state index >= 15 is 0 Å². The summed E-state index contributed by atoms with van der Waals surface area (Å²) in [7, 11) is 1.88. The van der Waals surface area contributed by atoms with Gasteiger partial charge in [-0.1, -0.05) is 0 Å². The summed E-state index contributed by atoms with van der Waals surface area (Å²) in [5, 5.41) is 8.68. The van der Waals surface area contributed by atoms with Gasteiger partial charge in [0.25, 0.3) is 0 Å². The van der Waals surface area contributed by atoms with E-state index in [4.69, 9.17) is 5.26 Å². The van der Waals surface area contributed by atoms with Crippen molar-refractivity contribution in [3.8, 4) is 6.07 Å². The minimum absolute atomic E-state index is 0.282. The van der Waals surface area contributed by atoms with Crippen LogP contribution in [0.2, 0.25) is 0 Å². The van der Waals surface area contributed by atoms with Crippen molar-refractivity contribution in [2.24, 2.45) is 0 Å². The minimum Gasteiger partial charge on any atom is -0.369 e. The lowest BCUT2D eigenvalue weighted by Gasteiger charge is -2.27. The molecule has 0 N–H and O–H groups in total. The van der Waals surface area contributed by atoms with Crippen molar-refractivity contribution in [3.05, 3.63) is 29.6 Å². The van der Waals surface area contributed by atoms with Crippen molar-refractivity contribution in [3.63, 3.8) is 0 Å². The zero-order valence-corrected chi connectivity index (χ0v) is 11.2. The molecular formula is C13H17FN2S. The Hall–Kier alpha value is -1.21.